The van der Waals surface area contributed by atoms with Crippen LogP contribution in [0, 0.1) is 0 Å². The van der Waals surface area contributed by atoms with Crippen LogP contribution in [-0.2, 0) is 15.2 Å². The van der Waals surface area contributed by atoms with Crippen molar-refractivity contribution in [2.45, 2.75) is 0 Å². The number of carbonyl (C=O) groups is 1. The molecule has 0 rings (SSSR count). The molecule has 8 heavy (non-hydrogen) atoms. The maximum Gasteiger partial charge on any atom is 1.00 e. The summed E-state index contributed by atoms with van der Waals surface area (Å²) >= 11 is 0. The van der Waals surface area contributed by atoms with Crippen molar-refractivity contribution in [3.05, 3.63) is 0 Å². The maximum absolute atomic E-state index is 8.52. The molecule has 0 N–H and O–H groups in total. The van der Waals surface area contributed by atoms with E-state index in [1.165, 1.54) is 0 Å². The standard InChI is InChI=1S/CH2O.Na.H2O4S/c1-2;;1-5(2,3)4/h1H2;;(H2,1,2,3,4)/q;+1;/p-2. The van der Waals surface area contributed by atoms with Gasteiger partial charge < -0.3 is 13.9 Å². The molecular formula is CH2NaO5S-. The average Bonchev–Trinajstić information content (AvgIpc) is 1.36. The Labute approximate surface area is 69.0 Å². The summed E-state index contributed by atoms with van der Waals surface area (Å²) < 4.78 is 34.1. The molecule has 0 aromatic heterocycles. The molecule has 0 heterocycles. The molecule has 0 atom stereocenters. The molecule has 0 spiro atoms. The Morgan fingerprint density at radius 2 is 1.12 bits per heavy atom. The van der Waals surface area contributed by atoms with E-state index in [2.05, 4.69) is 0 Å². The summed E-state index contributed by atoms with van der Waals surface area (Å²) in [7, 11) is -5.17. The molecule has 5 nitrogen and oxygen atoms in total. The number of hydrogen-bond donors (Lipinski definition) is 0. The first-order valence-corrected chi connectivity index (χ1v) is 2.29. The third kappa shape index (κ3) is 688. The zero-order valence-electron chi connectivity index (χ0n) is 4.16. The molecule has 0 radical (unpaired) electrons. The van der Waals surface area contributed by atoms with Crippen molar-refractivity contribution in [3.8, 4) is 0 Å². The predicted octanol–water partition coefficient (Wildman–Crippen LogP) is -4.52. The SMILES string of the molecule is C=O.O=S(=O)([O-])[O-].[Na+]. The van der Waals surface area contributed by atoms with E-state index in [4.69, 9.17) is 22.3 Å². The Bertz CT molecular complexity index is 106. The number of rotatable bonds is 0. The van der Waals surface area contributed by atoms with Crippen molar-refractivity contribution in [3.63, 3.8) is 0 Å². The second-order valence-electron chi connectivity index (χ2n) is 0.408. The topological polar surface area (TPSA) is 97.3 Å². The molecule has 0 bridgehead atoms. The van der Waals surface area contributed by atoms with E-state index in [1.807, 2.05) is 6.79 Å². The summed E-state index contributed by atoms with van der Waals surface area (Å²) in [6, 6.07) is 0. The van der Waals surface area contributed by atoms with Crippen molar-refractivity contribution in [1.29, 1.82) is 0 Å². The van der Waals surface area contributed by atoms with Crippen molar-refractivity contribution >= 4 is 17.2 Å². The molecule has 0 saturated carbocycles. The first kappa shape index (κ1) is 15.8. The van der Waals surface area contributed by atoms with Gasteiger partial charge in [-0.05, 0) is 0 Å². The average molecular weight is 149 g/mol. The van der Waals surface area contributed by atoms with Crippen LogP contribution in [0.5, 0.6) is 0 Å². The predicted molar refractivity (Wildman–Crippen MR) is 17.6 cm³/mol. The molecule has 0 aliphatic heterocycles. The molecule has 44 valence electrons. The first-order chi connectivity index (χ1) is 3.00. The summed E-state index contributed by atoms with van der Waals surface area (Å²) in [5.41, 5.74) is 0. The first-order valence-electron chi connectivity index (χ1n) is 0.955. The molecule has 0 fully saturated rings. The molecule has 0 aliphatic carbocycles. The number of carbonyl (C=O) groups excluding carboxylic acids is 1. The van der Waals surface area contributed by atoms with Crippen LogP contribution in [0.1, 0.15) is 0 Å². The van der Waals surface area contributed by atoms with Crippen LogP contribution in [0.15, 0.2) is 0 Å². The Morgan fingerprint density at radius 3 is 1.12 bits per heavy atom. The zero-order valence-corrected chi connectivity index (χ0v) is 6.97. The van der Waals surface area contributed by atoms with Gasteiger partial charge in [0.25, 0.3) is 0 Å². The molecular weight excluding hydrogens is 147 g/mol. The van der Waals surface area contributed by atoms with Crippen LogP contribution in [0.4, 0.5) is 0 Å². The van der Waals surface area contributed by atoms with Gasteiger partial charge in [-0.15, -0.1) is 0 Å². The van der Waals surface area contributed by atoms with Gasteiger partial charge >= 0.3 is 29.6 Å². The van der Waals surface area contributed by atoms with Gasteiger partial charge in [0.1, 0.15) is 6.79 Å². The third-order valence-electron chi connectivity index (χ3n) is 0. The molecule has 0 aliphatic rings. The summed E-state index contributed by atoms with van der Waals surface area (Å²) in [6.07, 6.45) is 0. The minimum absolute atomic E-state index is 0. The summed E-state index contributed by atoms with van der Waals surface area (Å²) in [5.74, 6) is 0. The fourth-order valence-electron chi connectivity index (χ4n) is 0. The van der Waals surface area contributed by atoms with Gasteiger partial charge in [0.05, 0.1) is 0 Å². The van der Waals surface area contributed by atoms with E-state index in [-0.39, 0.29) is 29.6 Å². The van der Waals surface area contributed by atoms with Gasteiger partial charge in [-0.25, -0.2) is 0 Å². The van der Waals surface area contributed by atoms with E-state index in [0.29, 0.717) is 0 Å². The van der Waals surface area contributed by atoms with Gasteiger partial charge in [0, 0.05) is 10.4 Å². The quantitative estimate of drug-likeness (QED) is 0.196. The van der Waals surface area contributed by atoms with Crippen LogP contribution in [0.25, 0.3) is 0 Å². The van der Waals surface area contributed by atoms with Crippen molar-refractivity contribution in [2.24, 2.45) is 0 Å². The van der Waals surface area contributed by atoms with Crippen molar-refractivity contribution < 1.29 is 51.9 Å². The molecule has 0 saturated heterocycles. The maximum atomic E-state index is 8.52. The van der Waals surface area contributed by atoms with Gasteiger partial charge in [-0.1, -0.05) is 0 Å². The summed E-state index contributed by atoms with van der Waals surface area (Å²) in [4.78, 5) is 8.00. The largest absolute Gasteiger partial charge is 1.00 e. The normalized spacial score (nSPS) is 7.75. The van der Waals surface area contributed by atoms with E-state index in [9.17, 15) is 0 Å². The third-order valence-corrected chi connectivity index (χ3v) is 0. The number of hydrogen-bond acceptors (Lipinski definition) is 5. The molecule has 0 aromatic rings. The Hall–Kier alpha value is 0.540. The molecule has 0 aromatic carbocycles. The van der Waals surface area contributed by atoms with Gasteiger partial charge in [-0.2, -0.15) is 0 Å². The second kappa shape index (κ2) is 7.54. The second-order valence-corrected chi connectivity index (χ2v) is 1.22. The van der Waals surface area contributed by atoms with Crippen molar-refractivity contribution in [1.82, 2.24) is 0 Å². The van der Waals surface area contributed by atoms with Gasteiger partial charge in [-0.3, -0.25) is 8.42 Å². The fourth-order valence-corrected chi connectivity index (χ4v) is 0. The Balaban J connectivity index is -0.0000000750. The van der Waals surface area contributed by atoms with E-state index in [1.54, 1.807) is 0 Å². The van der Waals surface area contributed by atoms with E-state index in [0.717, 1.165) is 0 Å². The van der Waals surface area contributed by atoms with Crippen LogP contribution < -0.4 is 29.6 Å². The molecule has 7 heteroatoms. The fraction of sp³-hybridized carbons (Fsp3) is 0. The molecule has 0 unspecified atom stereocenters. The zero-order chi connectivity index (χ0) is 6.50. The smallest absolute Gasteiger partial charge is 0.759 e. The minimum atomic E-state index is -5.17. The van der Waals surface area contributed by atoms with Crippen LogP contribution in [0.3, 0.4) is 0 Å². The van der Waals surface area contributed by atoms with Crippen molar-refractivity contribution in [2.75, 3.05) is 0 Å². The Kier molecular flexibility index (Phi) is 14.9. The van der Waals surface area contributed by atoms with Crippen LogP contribution in [0.2, 0.25) is 0 Å². The van der Waals surface area contributed by atoms with Crippen LogP contribution >= 0.6 is 0 Å². The monoisotopic (exact) mass is 149 g/mol. The Morgan fingerprint density at radius 1 is 1.12 bits per heavy atom. The summed E-state index contributed by atoms with van der Waals surface area (Å²) in [6.45, 7) is 2.00. The minimum Gasteiger partial charge on any atom is -0.759 e. The van der Waals surface area contributed by atoms with Gasteiger partial charge in [0.15, 0.2) is 0 Å². The van der Waals surface area contributed by atoms with Gasteiger partial charge in [0.2, 0.25) is 0 Å². The van der Waals surface area contributed by atoms with E-state index >= 15 is 0 Å². The molecule has 0 amide bonds. The summed E-state index contributed by atoms with van der Waals surface area (Å²) in [5, 5.41) is 0. The van der Waals surface area contributed by atoms with E-state index < -0.39 is 10.4 Å². The van der Waals surface area contributed by atoms with Crippen LogP contribution in [-0.4, -0.2) is 24.3 Å².